The number of hydrogen-bond donors (Lipinski definition) is 0. The van der Waals surface area contributed by atoms with Gasteiger partial charge >= 0.3 is 11.9 Å². The van der Waals surface area contributed by atoms with E-state index in [-0.39, 0.29) is 37.5 Å². The maximum Gasteiger partial charge on any atom is 0.363 e. The van der Waals surface area contributed by atoms with Gasteiger partial charge in [-0.15, -0.1) is 5.06 Å². The minimum absolute atomic E-state index is 0. The Kier molecular flexibility index (Phi) is 9.68. The highest BCUT2D eigenvalue weighted by Gasteiger charge is 2.33. The predicted octanol–water partition coefficient (Wildman–Crippen LogP) is 4.68. The normalized spacial score (nSPS) is 12.3. The zero-order valence-electron chi connectivity index (χ0n) is 18.1. The number of imide groups is 1. The average molecular weight is 540 g/mol. The van der Waals surface area contributed by atoms with Crippen LogP contribution in [0.4, 0.5) is 26.3 Å². The minimum Gasteiger partial charge on any atom is -0.416 e. The Morgan fingerprint density at radius 3 is 1.79 bits per heavy atom. The first kappa shape index (κ1) is 29.5. The fourth-order valence-corrected chi connectivity index (χ4v) is 2.67. The van der Waals surface area contributed by atoms with E-state index in [1.807, 2.05) is 0 Å². The maximum atomic E-state index is 13.2. The number of esters is 1. The van der Waals surface area contributed by atoms with Crippen LogP contribution in [0.15, 0.2) is 48.7 Å². The van der Waals surface area contributed by atoms with Crippen molar-refractivity contribution in [2.45, 2.75) is 20.3 Å². The molecule has 0 radical (unpaired) electrons. The van der Waals surface area contributed by atoms with Crippen LogP contribution in [0, 0.1) is 35.0 Å². The van der Waals surface area contributed by atoms with Crippen LogP contribution in [-0.2, 0) is 14.4 Å². The molecular weight excluding hydrogens is 524 g/mol. The monoisotopic (exact) mass is 540 g/mol. The van der Waals surface area contributed by atoms with E-state index in [1.54, 1.807) is 0 Å². The fourth-order valence-electron chi connectivity index (χ4n) is 2.67. The summed E-state index contributed by atoms with van der Waals surface area (Å²) in [5.41, 5.74) is -0.284. The van der Waals surface area contributed by atoms with Gasteiger partial charge in [0.2, 0.25) is 23.3 Å². The summed E-state index contributed by atoms with van der Waals surface area (Å²) < 4.78 is 81.6. The van der Waals surface area contributed by atoms with E-state index in [0.29, 0.717) is 5.06 Å². The lowest BCUT2D eigenvalue weighted by Gasteiger charge is -2.12. The molecule has 0 saturated carbocycles. The number of benzene rings is 2. The third kappa shape index (κ3) is 6.93. The summed E-state index contributed by atoms with van der Waals surface area (Å²) in [7, 11) is 0. The molecular formula is C24H16F6N2O6. The SMILES string of the molecule is C.O=C(ON1C(=O)CCC1=O)c1ccc([18F])cc1.O=C(Oc1c(F)c(F)cc(F)c1F)c1ccc([18F])nc1. The van der Waals surface area contributed by atoms with Gasteiger partial charge in [-0.25, -0.2) is 27.7 Å². The summed E-state index contributed by atoms with van der Waals surface area (Å²) in [5, 5.41) is 0.450. The van der Waals surface area contributed by atoms with E-state index in [4.69, 9.17) is 0 Å². The van der Waals surface area contributed by atoms with Crippen molar-refractivity contribution in [1.82, 2.24) is 10.0 Å². The number of hydrogen-bond acceptors (Lipinski definition) is 7. The molecule has 1 saturated heterocycles. The molecule has 1 aliphatic rings. The third-order valence-corrected chi connectivity index (χ3v) is 4.49. The number of aromatic nitrogens is 1. The lowest BCUT2D eigenvalue weighted by molar-refractivity contribution is -0.172. The van der Waals surface area contributed by atoms with Gasteiger partial charge in [0.25, 0.3) is 11.8 Å². The van der Waals surface area contributed by atoms with Gasteiger partial charge in [0.15, 0.2) is 11.6 Å². The van der Waals surface area contributed by atoms with Crippen LogP contribution in [0.2, 0.25) is 0 Å². The highest BCUT2D eigenvalue weighted by molar-refractivity contribution is 6.02. The zero-order valence-corrected chi connectivity index (χ0v) is 18.1. The molecule has 3 aromatic rings. The number of ether oxygens (including phenoxy) is 1. The number of nitrogens with zero attached hydrogens (tertiary/aromatic N) is 2. The Morgan fingerprint density at radius 2 is 1.29 bits per heavy atom. The standard InChI is InChI=1S/C12H4F5NO2.C11H8FNO4.CH4/c13-6-3-7(14)10(17)11(9(6)16)20-12(19)5-1-2-8(15)18-4-5;12-8-3-1-7(2-4-8)11(16)17-13-9(14)5-6-10(13)15;/h1-4H;1-4H,5-6H2;1H4/i15-1;12-1;. The summed E-state index contributed by atoms with van der Waals surface area (Å²) in [6.45, 7) is 0. The van der Waals surface area contributed by atoms with Gasteiger partial charge in [0, 0.05) is 25.1 Å². The second kappa shape index (κ2) is 12.5. The van der Waals surface area contributed by atoms with E-state index in [2.05, 4.69) is 14.6 Å². The van der Waals surface area contributed by atoms with Crippen molar-refractivity contribution in [3.63, 3.8) is 0 Å². The van der Waals surface area contributed by atoms with Gasteiger partial charge in [-0.2, -0.15) is 13.2 Å². The van der Waals surface area contributed by atoms with Crippen molar-refractivity contribution in [1.29, 1.82) is 0 Å². The maximum absolute atomic E-state index is 13.2. The van der Waals surface area contributed by atoms with E-state index >= 15 is 0 Å². The fraction of sp³-hybridized carbons (Fsp3) is 0.125. The van der Waals surface area contributed by atoms with Crippen LogP contribution >= 0.6 is 0 Å². The second-order valence-electron chi connectivity index (χ2n) is 7.02. The van der Waals surface area contributed by atoms with Gasteiger partial charge in [-0.05, 0) is 36.4 Å². The van der Waals surface area contributed by atoms with E-state index in [9.17, 15) is 45.5 Å². The van der Waals surface area contributed by atoms with Gasteiger partial charge in [0.1, 0.15) is 5.82 Å². The molecule has 1 fully saturated rings. The van der Waals surface area contributed by atoms with Crippen LogP contribution in [0.1, 0.15) is 41.0 Å². The molecule has 1 aliphatic heterocycles. The quantitative estimate of drug-likeness (QED) is 0.118. The molecule has 0 aliphatic carbocycles. The number of hydroxylamine groups is 2. The van der Waals surface area contributed by atoms with Crippen molar-refractivity contribution in [2.75, 3.05) is 0 Å². The molecule has 4 rings (SSSR count). The summed E-state index contributed by atoms with van der Waals surface area (Å²) in [5.74, 6) is -13.4. The molecule has 0 atom stereocenters. The Balaban J connectivity index is 0.000000263. The average Bonchev–Trinajstić information content (AvgIpc) is 3.18. The molecule has 2 heterocycles. The van der Waals surface area contributed by atoms with Gasteiger partial charge in [-0.1, -0.05) is 7.43 Å². The largest absolute Gasteiger partial charge is 0.416 e. The van der Waals surface area contributed by atoms with E-state index < -0.39 is 64.5 Å². The van der Waals surface area contributed by atoms with Crippen molar-refractivity contribution >= 4 is 23.8 Å². The Bertz CT molecular complexity index is 1320. The molecule has 0 spiro atoms. The highest BCUT2D eigenvalue weighted by Crippen LogP contribution is 2.27. The molecule has 0 N–H and O–H groups in total. The second-order valence-corrected chi connectivity index (χ2v) is 7.02. The van der Waals surface area contributed by atoms with Gasteiger partial charge < -0.3 is 9.57 Å². The van der Waals surface area contributed by atoms with E-state index in [0.717, 1.165) is 30.5 Å². The minimum atomic E-state index is -1.85. The molecule has 38 heavy (non-hydrogen) atoms. The summed E-state index contributed by atoms with van der Waals surface area (Å²) in [4.78, 5) is 53.1. The summed E-state index contributed by atoms with van der Waals surface area (Å²) in [6, 6.07) is 6.30. The molecule has 1 aromatic heterocycles. The first-order valence-corrected chi connectivity index (χ1v) is 9.98. The number of carbonyl (C=O) groups is 4. The highest BCUT2D eigenvalue weighted by atomic mass is 19.2. The molecule has 0 bridgehead atoms. The number of carbonyl (C=O) groups excluding carboxylic acids is 4. The Labute approximate surface area is 210 Å². The lowest BCUT2D eigenvalue weighted by atomic mass is 10.2. The number of pyridine rings is 1. The van der Waals surface area contributed by atoms with Crippen LogP contribution in [0.3, 0.4) is 0 Å². The van der Waals surface area contributed by atoms with Crippen LogP contribution in [0.5, 0.6) is 5.75 Å². The molecule has 8 nitrogen and oxygen atoms in total. The number of amides is 2. The first-order chi connectivity index (χ1) is 17.5. The number of halogens is 6. The number of rotatable bonds is 4. The topological polar surface area (TPSA) is 103 Å². The molecule has 200 valence electrons. The van der Waals surface area contributed by atoms with Gasteiger partial charge in [-0.3, -0.25) is 9.59 Å². The smallest absolute Gasteiger partial charge is 0.363 e. The Morgan fingerprint density at radius 1 is 0.763 bits per heavy atom. The summed E-state index contributed by atoms with van der Waals surface area (Å²) >= 11 is 0. The molecule has 2 aromatic carbocycles. The van der Waals surface area contributed by atoms with E-state index in [1.165, 1.54) is 12.1 Å². The Hall–Kier alpha value is -4.75. The molecule has 14 heteroatoms. The molecule has 2 amide bonds. The lowest BCUT2D eigenvalue weighted by Crippen LogP contribution is -2.32. The van der Waals surface area contributed by atoms with Crippen LogP contribution < -0.4 is 4.74 Å². The van der Waals surface area contributed by atoms with Crippen molar-refractivity contribution in [2.24, 2.45) is 0 Å². The van der Waals surface area contributed by atoms with Crippen molar-refractivity contribution < 1.29 is 55.1 Å². The van der Waals surface area contributed by atoms with Crippen LogP contribution in [0.25, 0.3) is 0 Å². The third-order valence-electron chi connectivity index (χ3n) is 4.49. The summed E-state index contributed by atoms with van der Waals surface area (Å²) in [6.07, 6.45) is 0.814. The first-order valence-electron chi connectivity index (χ1n) is 9.98. The molecule has 0 unspecified atom stereocenters. The predicted molar refractivity (Wildman–Crippen MR) is 115 cm³/mol. The zero-order chi connectivity index (χ0) is 27.3. The van der Waals surface area contributed by atoms with Crippen LogP contribution in [-0.4, -0.2) is 33.8 Å². The van der Waals surface area contributed by atoms with Gasteiger partial charge in [0.05, 0.1) is 11.1 Å². The van der Waals surface area contributed by atoms with Crippen molar-refractivity contribution in [3.05, 3.63) is 94.8 Å². The van der Waals surface area contributed by atoms with Crippen molar-refractivity contribution in [3.8, 4) is 5.75 Å².